The molecule has 0 spiro atoms. The number of nitrogens with one attached hydrogen (secondary N) is 2. The SMILES string of the molecule is CCOC(=O)c1cnc2c(S(=O)(=O)NC(C)(C)C)cnn2c1Nc1ccc(Cl)cc1Cl. The molecule has 0 fully saturated rings. The number of carbonyl (C=O) groups excluding carboxylic acids is 1. The molecule has 0 radical (unpaired) electrons. The molecule has 12 heteroatoms. The molecule has 166 valence electrons. The van der Waals surface area contributed by atoms with E-state index in [1.807, 2.05) is 0 Å². The monoisotopic (exact) mass is 485 g/mol. The lowest BCUT2D eigenvalue weighted by Gasteiger charge is -2.19. The van der Waals surface area contributed by atoms with Gasteiger partial charge in [-0.25, -0.2) is 22.9 Å². The highest BCUT2D eigenvalue weighted by Crippen LogP contribution is 2.31. The second-order valence-electron chi connectivity index (χ2n) is 7.59. The molecule has 2 heterocycles. The molecule has 0 bridgehead atoms. The maximum absolute atomic E-state index is 12.9. The number of rotatable bonds is 6. The Kier molecular flexibility index (Phi) is 6.47. The number of nitrogens with zero attached hydrogens (tertiary/aromatic N) is 3. The van der Waals surface area contributed by atoms with E-state index in [0.717, 1.165) is 0 Å². The second kappa shape index (κ2) is 8.62. The van der Waals surface area contributed by atoms with Crippen LogP contribution in [0.2, 0.25) is 10.0 Å². The lowest BCUT2D eigenvalue weighted by Crippen LogP contribution is -2.40. The van der Waals surface area contributed by atoms with Gasteiger partial charge in [0.25, 0.3) is 0 Å². The normalized spacial score (nSPS) is 12.2. The van der Waals surface area contributed by atoms with Crippen LogP contribution in [0, 0.1) is 0 Å². The van der Waals surface area contributed by atoms with E-state index in [1.54, 1.807) is 39.8 Å². The van der Waals surface area contributed by atoms with E-state index in [-0.39, 0.29) is 28.5 Å². The summed E-state index contributed by atoms with van der Waals surface area (Å²) in [6.45, 7) is 6.98. The Morgan fingerprint density at radius 3 is 2.55 bits per heavy atom. The fourth-order valence-corrected chi connectivity index (χ4v) is 4.69. The van der Waals surface area contributed by atoms with Gasteiger partial charge in [0, 0.05) is 16.8 Å². The van der Waals surface area contributed by atoms with Crippen LogP contribution in [0.15, 0.2) is 35.5 Å². The predicted molar refractivity (Wildman–Crippen MR) is 119 cm³/mol. The zero-order valence-electron chi connectivity index (χ0n) is 17.2. The Bertz CT molecular complexity index is 1250. The first-order chi connectivity index (χ1) is 14.4. The van der Waals surface area contributed by atoms with Crippen molar-refractivity contribution < 1.29 is 17.9 Å². The Morgan fingerprint density at radius 1 is 1.23 bits per heavy atom. The third kappa shape index (κ3) is 5.09. The lowest BCUT2D eigenvalue weighted by molar-refractivity contribution is 0.0526. The van der Waals surface area contributed by atoms with Crippen molar-refractivity contribution in [2.24, 2.45) is 0 Å². The summed E-state index contributed by atoms with van der Waals surface area (Å²) in [5.41, 5.74) is -0.207. The first kappa shape index (κ1) is 23.3. The van der Waals surface area contributed by atoms with E-state index in [4.69, 9.17) is 27.9 Å². The second-order valence-corrected chi connectivity index (χ2v) is 10.1. The van der Waals surface area contributed by atoms with E-state index in [1.165, 1.54) is 23.0 Å². The summed E-state index contributed by atoms with van der Waals surface area (Å²) in [4.78, 5) is 16.5. The molecule has 0 aliphatic rings. The van der Waals surface area contributed by atoms with Crippen LogP contribution in [-0.4, -0.2) is 41.1 Å². The number of anilines is 2. The minimum absolute atomic E-state index is 0.0254. The van der Waals surface area contributed by atoms with Crippen molar-refractivity contribution in [3.8, 4) is 0 Å². The van der Waals surface area contributed by atoms with Crippen LogP contribution in [-0.2, 0) is 14.8 Å². The number of hydrogen-bond acceptors (Lipinski definition) is 7. The van der Waals surface area contributed by atoms with Gasteiger partial charge in [-0.05, 0) is 45.9 Å². The Balaban J connectivity index is 2.20. The number of halogens is 2. The van der Waals surface area contributed by atoms with Crippen molar-refractivity contribution in [3.63, 3.8) is 0 Å². The van der Waals surface area contributed by atoms with Gasteiger partial charge in [0.2, 0.25) is 10.0 Å². The van der Waals surface area contributed by atoms with E-state index >= 15 is 0 Å². The van der Waals surface area contributed by atoms with E-state index < -0.39 is 21.5 Å². The highest BCUT2D eigenvalue weighted by molar-refractivity contribution is 7.89. The number of ether oxygens (including phenoxy) is 1. The molecule has 0 aliphatic heterocycles. The van der Waals surface area contributed by atoms with Gasteiger partial charge in [-0.2, -0.15) is 9.61 Å². The molecule has 0 saturated carbocycles. The quantitative estimate of drug-likeness (QED) is 0.506. The summed E-state index contributed by atoms with van der Waals surface area (Å²) < 4.78 is 34.6. The molecule has 0 amide bonds. The number of carbonyl (C=O) groups is 1. The topological polar surface area (TPSA) is 115 Å². The standard InChI is InChI=1S/C19H21Cl2N5O4S/c1-5-30-18(27)12-9-22-17-15(31(28,29)25-19(2,3)4)10-23-26(17)16(12)24-14-7-6-11(20)8-13(14)21/h6-10,24-25H,5H2,1-4H3. The Labute approximate surface area is 189 Å². The summed E-state index contributed by atoms with van der Waals surface area (Å²) >= 11 is 12.2. The van der Waals surface area contributed by atoms with Crippen molar-refractivity contribution in [1.82, 2.24) is 19.3 Å². The van der Waals surface area contributed by atoms with Crippen LogP contribution >= 0.6 is 23.2 Å². The smallest absolute Gasteiger partial charge is 0.343 e. The first-order valence-corrected chi connectivity index (χ1v) is 11.5. The zero-order chi connectivity index (χ0) is 23.0. The molecule has 3 aromatic rings. The molecule has 0 saturated heterocycles. The zero-order valence-corrected chi connectivity index (χ0v) is 19.6. The van der Waals surface area contributed by atoms with Crippen LogP contribution in [0.5, 0.6) is 0 Å². The maximum Gasteiger partial charge on any atom is 0.343 e. The van der Waals surface area contributed by atoms with E-state index in [0.29, 0.717) is 15.7 Å². The molecule has 31 heavy (non-hydrogen) atoms. The van der Waals surface area contributed by atoms with Crippen LogP contribution in [0.3, 0.4) is 0 Å². The van der Waals surface area contributed by atoms with E-state index in [9.17, 15) is 13.2 Å². The summed E-state index contributed by atoms with van der Waals surface area (Å²) in [7, 11) is -3.93. The fraction of sp³-hybridized carbons (Fsp3) is 0.316. The van der Waals surface area contributed by atoms with Crippen molar-refractivity contribution in [2.75, 3.05) is 11.9 Å². The number of hydrogen-bond donors (Lipinski definition) is 2. The molecule has 0 aliphatic carbocycles. The number of benzene rings is 1. The molecule has 0 unspecified atom stereocenters. The number of sulfonamides is 1. The number of fused-ring (bicyclic) bond motifs is 1. The molecule has 9 nitrogen and oxygen atoms in total. The number of esters is 1. The van der Waals surface area contributed by atoms with Crippen LogP contribution < -0.4 is 10.0 Å². The summed E-state index contributed by atoms with van der Waals surface area (Å²) in [6, 6.07) is 4.76. The first-order valence-electron chi connectivity index (χ1n) is 9.23. The van der Waals surface area contributed by atoms with Gasteiger partial charge in [0.15, 0.2) is 11.5 Å². The van der Waals surface area contributed by atoms with Gasteiger partial charge >= 0.3 is 5.97 Å². The summed E-state index contributed by atoms with van der Waals surface area (Å²) in [6.07, 6.45) is 2.40. The minimum atomic E-state index is -3.93. The largest absolute Gasteiger partial charge is 0.462 e. The van der Waals surface area contributed by atoms with Gasteiger partial charge in [0.1, 0.15) is 10.5 Å². The minimum Gasteiger partial charge on any atom is -0.462 e. The van der Waals surface area contributed by atoms with Gasteiger partial charge in [-0.3, -0.25) is 0 Å². The average molecular weight is 486 g/mol. The Hall–Kier alpha value is -2.40. The van der Waals surface area contributed by atoms with Crippen molar-refractivity contribution in [2.45, 2.75) is 38.1 Å². The maximum atomic E-state index is 12.9. The molecular formula is C19H21Cl2N5O4S. The molecule has 1 aromatic carbocycles. The molecule has 3 rings (SSSR count). The Morgan fingerprint density at radius 2 is 1.94 bits per heavy atom. The van der Waals surface area contributed by atoms with Crippen molar-refractivity contribution in [3.05, 3.63) is 46.2 Å². The highest BCUT2D eigenvalue weighted by Gasteiger charge is 2.28. The highest BCUT2D eigenvalue weighted by atomic mass is 35.5. The van der Waals surface area contributed by atoms with Gasteiger partial charge in [0.05, 0.1) is 23.5 Å². The van der Waals surface area contributed by atoms with Crippen molar-refractivity contribution >= 4 is 56.3 Å². The van der Waals surface area contributed by atoms with E-state index in [2.05, 4.69) is 20.1 Å². The predicted octanol–water partition coefficient (Wildman–Crippen LogP) is 4.03. The molecule has 2 N–H and O–H groups in total. The lowest BCUT2D eigenvalue weighted by atomic mass is 10.1. The molecule has 2 aromatic heterocycles. The van der Waals surface area contributed by atoms with Crippen molar-refractivity contribution in [1.29, 1.82) is 0 Å². The third-order valence-corrected chi connectivity index (χ3v) is 6.20. The average Bonchev–Trinajstić information content (AvgIpc) is 3.07. The van der Waals surface area contributed by atoms with Gasteiger partial charge in [-0.15, -0.1) is 0 Å². The summed E-state index contributed by atoms with van der Waals surface area (Å²) in [5.74, 6) is -0.512. The van der Waals surface area contributed by atoms with Gasteiger partial charge < -0.3 is 10.1 Å². The van der Waals surface area contributed by atoms with Crippen LogP contribution in [0.4, 0.5) is 11.5 Å². The molecule has 0 atom stereocenters. The van der Waals surface area contributed by atoms with Crippen LogP contribution in [0.1, 0.15) is 38.1 Å². The molecular weight excluding hydrogens is 465 g/mol. The third-order valence-electron chi connectivity index (χ3n) is 3.90. The van der Waals surface area contributed by atoms with Gasteiger partial charge in [-0.1, -0.05) is 23.2 Å². The number of aromatic nitrogens is 3. The fourth-order valence-electron chi connectivity index (χ4n) is 2.75. The summed E-state index contributed by atoms with van der Waals surface area (Å²) in [5, 5.41) is 7.90. The van der Waals surface area contributed by atoms with Crippen LogP contribution in [0.25, 0.3) is 5.65 Å².